The number of carbonyl (C=O) groups excluding carboxylic acids is 1. The Balaban J connectivity index is 1.94. The number of hydrogen-bond donors (Lipinski definition) is 4. The number of phenolic OH excluding ortho intramolecular Hbond substituents is 1. The van der Waals surface area contributed by atoms with Gasteiger partial charge in [0.1, 0.15) is 5.75 Å². The molecule has 0 saturated heterocycles. The molecule has 2 rings (SSSR count). The van der Waals surface area contributed by atoms with Crippen LogP contribution in [-0.2, 0) is 6.54 Å². The summed E-state index contributed by atoms with van der Waals surface area (Å²) in [5.41, 5.74) is 7.28. The van der Waals surface area contributed by atoms with E-state index in [1.807, 2.05) is 0 Å². The third-order valence-corrected chi connectivity index (χ3v) is 2.86. The third-order valence-electron chi connectivity index (χ3n) is 2.63. The van der Waals surface area contributed by atoms with Crippen LogP contribution in [0.5, 0.6) is 5.75 Å². The first-order valence-corrected chi connectivity index (χ1v) is 6.30. The predicted molar refractivity (Wildman–Crippen MR) is 79.8 cm³/mol. The second-order valence-corrected chi connectivity index (χ2v) is 4.64. The van der Waals surface area contributed by atoms with Crippen LogP contribution in [-0.4, -0.2) is 11.1 Å². The summed E-state index contributed by atoms with van der Waals surface area (Å²) in [5, 5.41) is 15.4. The smallest absolute Gasteiger partial charge is 0.319 e. The molecule has 0 radical (unpaired) electrons. The molecule has 0 aliphatic rings. The molecule has 104 valence electrons. The number of phenols is 1. The number of nitrogens with one attached hydrogen (secondary N) is 2. The van der Waals surface area contributed by atoms with Crippen LogP contribution < -0.4 is 16.4 Å². The molecular formula is C14H14ClN3O2. The summed E-state index contributed by atoms with van der Waals surface area (Å²) in [6.07, 6.45) is 0. The molecule has 0 atom stereocenters. The van der Waals surface area contributed by atoms with E-state index in [0.29, 0.717) is 22.0 Å². The van der Waals surface area contributed by atoms with Crippen molar-refractivity contribution in [2.75, 3.05) is 11.1 Å². The van der Waals surface area contributed by atoms with Crippen molar-refractivity contribution in [2.45, 2.75) is 6.54 Å². The average molecular weight is 292 g/mol. The molecule has 0 heterocycles. The van der Waals surface area contributed by atoms with Crippen molar-refractivity contribution in [3.8, 4) is 5.75 Å². The highest BCUT2D eigenvalue weighted by Gasteiger charge is 2.05. The molecule has 0 aliphatic carbocycles. The molecular weight excluding hydrogens is 278 g/mol. The lowest BCUT2D eigenvalue weighted by Gasteiger charge is -2.09. The zero-order valence-corrected chi connectivity index (χ0v) is 11.3. The van der Waals surface area contributed by atoms with Crippen molar-refractivity contribution >= 4 is 29.0 Å². The minimum atomic E-state index is -0.394. The van der Waals surface area contributed by atoms with Crippen LogP contribution in [0.1, 0.15) is 5.56 Å². The van der Waals surface area contributed by atoms with Crippen LogP contribution in [0.25, 0.3) is 0 Å². The molecule has 0 bridgehead atoms. The van der Waals surface area contributed by atoms with Gasteiger partial charge < -0.3 is 21.5 Å². The third kappa shape index (κ3) is 3.80. The zero-order chi connectivity index (χ0) is 14.5. The molecule has 2 aromatic rings. The molecule has 2 amide bonds. The van der Waals surface area contributed by atoms with Crippen molar-refractivity contribution in [1.29, 1.82) is 0 Å². The summed E-state index contributed by atoms with van der Waals surface area (Å²) in [6, 6.07) is 11.1. The highest BCUT2D eigenvalue weighted by atomic mass is 35.5. The van der Waals surface area contributed by atoms with Crippen molar-refractivity contribution in [3.05, 3.63) is 53.1 Å². The molecule has 0 saturated carbocycles. The fraction of sp³-hybridized carbons (Fsp3) is 0.0714. The van der Waals surface area contributed by atoms with E-state index in [1.165, 1.54) is 6.07 Å². The van der Waals surface area contributed by atoms with Crippen LogP contribution in [0, 0.1) is 0 Å². The van der Waals surface area contributed by atoms with Crippen molar-refractivity contribution in [1.82, 2.24) is 5.32 Å². The number of hydrogen-bond acceptors (Lipinski definition) is 3. The van der Waals surface area contributed by atoms with Crippen molar-refractivity contribution in [3.63, 3.8) is 0 Å². The Labute approximate surface area is 121 Å². The Kier molecular flexibility index (Phi) is 4.32. The summed E-state index contributed by atoms with van der Waals surface area (Å²) < 4.78 is 0. The number of rotatable bonds is 3. The summed E-state index contributed by atoms with van der Waals surface area (Å²) in [4.78, 5) is 11.7. The number of nitrogens with two attached hydrogens (primary N) is 1. The second kappa shape index (κ2) is 6.16. The highest BCUT2D eigenvalue weighted by molar-refractivity contribution is 6.30. The number of halogens is 1. The Hall–Kier alpha value is -2.40. The van der Waals surface area contributed by atoms with Gasteiger partial charge in [0.25, 0.3) is 0 Å². The van der Waals surface area contributed by atoms with Gasteiger partial charge in [0, 0.05) is 28.5 Å². The molecule has 0 unspecified atom stereocenters. The summed E-state index contributed by atoms with van der Waals surface area (Å²) in [5.74, 6) is 0.0854. The summed E-state index contributed by atoms with van der Waals surface area (Å²) >= 11 is 5.82. The maximum absolute atomic E-state index is 11.7. The number of urea groups is 1. The van der Waals surface area contributed by atoms with Crippen LogP contribution in [0.2, 0.25) is 5.02 Å². The van der Waals surface area contributed by atoms with Gasteiger partial charge in [-0.25, -0.2) is 4.79 Å². The number of carbonyl (C=O) groups is 1. The first-order chi connectivity index (χ1) is 9.54. The Morgan fingerprint density at radius 1 is 1.25 bits per heavy atom. The van der Waals surface area contributed by atoms with Crippen LogP contribution >= 0.6 is 11.6 Å². The van der Waals surface area contributed by atoms with Gasteiger partial charge in [0.2, 0.25) is 0 Å². The molecule has 6 heteroatoms. The number of nitrogen functional groups attached to an aromatic ring is 1. The molecule has 20 heavy (non-hydrogen) atoms. The summed E-state index contributed by atoms with van der Waals surface area (Å²) in [6.45, 7) is 0.170. The van der Waals surface area contributed by atoms with Crippen LogP contribution in [0.3, 0.4) is 0 Å². The Morgan fingerprint density at radius 3 is 2.80 bits per heavy atom. The van der Waals surface area contributed by atoms with Crippen LogP contribution in [0.15, 0.2) is 42.5 Å². The van der Waals surface area contributed by atoms with Gasteiger partial charge in [0.05, 0.1) is 0 Å². The normalized spacial score (nSPS) is 10.1. The van der Waals surface area contributed by atoms with Crippen LogP contribution in [0.4, 0.5) is 16.2 Å². The highest BCUT2D eigenvalue weighted by Crippen LogP contribution is 2.19. The lowest BCUT2D eigenvalue weighted by Crippen LogP contribution is -2.28. The molecule has 0 fully saturated rings. The standard InChI is InChI=1S/C14H14ClN3O2/c15-10-2-1-3-12(7-10)18-14(20)17-8-9-6-11(16)4-5-13(9)19/h1-7,19H,8,16H2,(H2,17,18,20). The van der Waals surface area contributed by atoms with Gasteiger partial charge in [-0.05, 0) is 36.4 Å². The maximum Gasteiger partial charge on any atom is 0.319 e. The first kappa shape index (κ1) is 14.0. The van der Waals surface area contributed by atoms with E-state index in [1.54, 1.807) is 36.4 Å². The maximum atomic E-state index is 11.7. The molecule has 0 spiro atoms. The minimum Gasteiger partial charge on any atom is -0.508 e. The fourth-order valence-corrected chi connectivity index (χ4v) is 1.85. The predicted octanol–water partition coefficient (Wildman–Crippen LogP) is 2.95. The lowest BCUT2D eigenvalue weighted by molar-refractivity contribution is 0.251. The minimum absolute atomic E-state index is 0.0854. The van der Waals surface area contributed by atoms with E-state index in [0.717, 1.165) is 0 Å². The van der Waals surface area contributed by atoms with E-state index in [-0.39, 0.29) is 12.3 Å². The molecule has 2 aromatic carbocycles. The second-order valence-electron chi connectivity index (χ2n) is 4.21. The number of amides is 2. The number of anilines is 2. The topological polar surface area (TPSA) is 87.4 Å². The molecule has 5 N–H and O–H groups in total. The van der Waals surface area contributed by atoms with E-state index in [4.69, 9.17) is 17.3 Å². The van der Waals surface area contributed by atoms with Crippen molar-refractivity contribution < 1.29 is 9.90 Å². The quantitative estimate of drug-likeness (QED) is 0.518. The van der Waals surface area contributed by atoms with Gasteiger partial charge in [0.15, 0.2) is 0 Å². The monoisotopic (exact) mass is 291 g/mol. The van der Waals surface area contributed by atoms with Gasteiger partial charge >= 0.3 is 6.03 Å². The Bertz CT molecular complexity index is 632. The van der Waals surface area contributed by atoms with Crippen molar-refractivity contribution in [2.24, 2.45) is 0 Å². The van der Waals surface area contributed by atoms with E-state index in [9.17, 15) is 9.90 Å². The zero-order valence-electron chi connectivity index (χ0n) is 10.6. The first-order valence-electron chi connectivity index (χ1n) is 5.92. The largest absolute Gasteiger partial charge is 0.508 e. The molecule has 0 aromatic heterocycles. The fourth-order valence-electron chi connectivity index (χ4n) is 1.66. The summed E-state index contributed by atoms with van der Waals surface area (Å²) in [7, 11) is 0. The molecule has 5 nitrogen and oxygen atoms in total. The van der Waals surface area contributed by atoms with Gasteiger partial charge in [-0.3, -0.25) is 0 Å². The Morgan fingerprint density at radius 2 is 2.05 bits per heavy atom. The van der Waals surface area contributed by atoms with E-state index < -0.39 is 6.03 Å². The number of benzene rings is 2. The van der Waals surface area contributed by atoms with Gasteiger partial charge in [-0.15, -0.1) is 0 Å². The lowest BCUT2D eigenvalue weighted by atomic mass is 10.2. The van der Waals surface area contributed by atoms with E-state index in [2.05, 4.69) is 10.6 Å². The number of aromatic hydroxyl groups is 1. The van der Waals surface area contributed by atoms with E-state index >= 15 is 0 Å². The van der Waals surface area contributed by atoms with Gasteiger partial charge in [-0.2, -0.15) is 0 Å². The SMILES string of the molecule is Nc1ccc(O)c(CNC(=O)Nc2cccc(Cl)c2)c1. The van der Waals surface area contributed by atoms with Gasteiger partial charge in [-0.1, -0.05) is 17.7 Å². The average Bonchev–Trinajstić information content (AvgIpc) is 2.40. The molecule has 0 aliphatic heterocycles.